The summed E-state index contributed by atoms with van der Waals surface area (Å²) in [5.41, 5.74) is 0.309. The largest absolute Gasteiger partial charge is 0.353 e. The van der Waals surface area contributed by atoms with E-state index in [1.165, 1.54) is 35.6 Å². The quantitative estimate of drug-likeness (QED) is 0.375. The van der Waals surface area contributed by atoms with Gasteiger partial charge < -0.3 is 15.5 Å². The second-order valence-corrected chi connectivity index (χ2v) is 9.70. The van der Waals surface area contributed by atoms with E-state index < -0.39 is 15.9 Å². The summed E-state index contributed by atoms with van der Waals surface area (Å²) in [7, 11) is -2.28. The monoisotopic (exact) mass is 472 g/mol. The van der Waals surface area contributed by atoms with E-state index in [-0.39, 0.29) is 36.1 Å². The second-order valence-electron chi connectivity index (χ2n) is 7.65. The van der Waals surface area contributed by atoms with Crippen molar-refractivity contribution in [3.8, 4) is 0 Å². The van der Waals surface area contributed by atoms with Crippen LogP contribution >= 0.6 is 0 Å². The van der Waals surface area contributed by atoms with Crippen LogP contribution in [-0.4, -0.2) is 81.7 Å². The van der Waals surface area contributed by atoms with Crippen LogP contribution in [0.3, 0.4) is 0 Å². The average Bonchev–Trinajstić information content (AvgIpc) is 2.77. The summed E-state index contributed by atoms with van der Waals surface area (Å²) in [6, 6.07) is 5.60. The number of carbonyl (C=O) groups excluding carboxylic acids is 2. The van der Waals surface area contributed by atoms with Crippen LogP contribution in [0.25, 0.3) is 0 Å². The van der Waals surface area contributed by atoms with Crippen molar-refractivity contribution < 1.29 is 26.8 Å². The lowest BCUT2D eigenvalue weighted by molar-refractivity contribution is -0.116. The fourth-order valence-electron chi connectivity index (χ4n) is 3.20. The number of alkyl halides is 2. The minimum atomic E-state index is -3.73. The molecule has 2 rings (SSSR count). The van der Waals surface area contributed by atoms with Gasteiger partial charge in [-0.1, -0.05) is 6.58 Å². The molecule has 0 aromatic heterocycles. The van der Waals surface area contributed by atoms with Gasteiger partial charge in [-0.2, -0.15) is 0 Å². The lowest BCUT2D eigenvalue weighted by atomic mass is 10.1. The predicted octanol–water partition coefficient (Wildman–Crippen LogP) is 1.46. The first-order chi connectivity index (χ1) is 15.0. The summed E-state index contributed by atoms with van der Waals surface area (Å²) in [5.74, 6) is -3.28. The molecule has 178 valence electrons. The van der Waals surface area contributed by atoms with Crippen molar-refractivity contribution >= 4 is 21.8 Å². The smallest absolute Gasteiger partial charge is 0.251 e. The molecule has 11 heteroatoms. The van der Waals surface area contributed by atoms with E-state index in [1.54, 1.807) is 0 Å². The maximum absolute atomic E-state index is 13.2. The third-order valence-corrected chi connectivity index (χ3v) is 7.13. The summed E-state index contributed by atoms with van der Waals surface area (Å²) in [6.07, 6.45) is 1.24. The molecule has 2 amide bonds. The lowest BCUT2D eigenvalue weighted by Crippen LogP contribution is -2.43. The average molecular weight is 473 g/mol. The number of likely N-dealkylation sites (tertiary alicyclic amines) is 1. The van der Waals surface area contributed by atoms with Crippen LogP contribution in [0.4, 0.5) is 8.78 Å². The summed E-state index contributed by atoms with van der Waals surface area (Å²) >= 11 is 0. The van der Waals surface area contributed by atoms with Gasteiger partial charge in [0.05, 0.1) is 4.90 Å². The molecule has 0 radical (unpaired) electrons. The Kier molecular flexibility index (Phi) is 9.29. The minimum absolute atomic E-state index is 0.0564. The number of amides is 2. The van der Waals surface area contributed by atoms with E-state index >= 15 is 0 Å². The van der Waals surface area contributed by atoms with E-state index in [9.17, 15) is 26.8 Å². The zero-order valence-corrected chi connectivity index (χ0v) is 19.0. The molecule has 1 heterocycles. The highest BCUT2D eigenvalue weighted by Crippen LogP contribution is 2.27. The fraction of sp³-hybridized carbons (Fsp3) is 0.524. The zero-order chi connectivity index (χ0) is 23.8. The third kappa shape index (κ3) is 7.64. The SMILES string of the molecule is C=CC(=O)NCCCN(C)S(=O)(=O)c1ccc(C(=O)NCCN2CCC(F)(F)CC2)cc1. The van der Waals surface area contributed by atoms with E-state index in [4.69, 9.17) is 0 Å². The molecule has 1 aromatic rings. The number of carbonyl (C=O) groups is 2. The Hall–Kier alpha value is -2.37. The number of sulfonamides is 1. The fourth-order valence-corrected chi connectivity index (χ4v) is 4.41. The highest BCUT2D eigenvalue weighted by atomic mass is 32.2. The van der Waals surface area contributed by atoms with Crippen molar-refractivity contribution in [3.05, 3.63) is 42.5 Å². The van der Waals surface area contributed by atoms with Gasteiger partial charge in [0.15, 0.2) is 0 Å². The van der Waals surface area contributed by atoms with Gasteiger partial charge in [-0.15, -0.1) is 0 Å². The Labute approximate surface area is 187 Å². The Morgan fingerprint density at radius 2 is 1.78 bits per heavy atom. The lowest BCUT2D eigenvalue weighted by Gasteiger charge is -2.31. The summed E-state index contributed by atoms with van der Waals surface area (Å²) in [6.45, 7) is 5.26. The molecule has 0 saturated carbocycles. The number of rotatable bonds is 11. The zero-order valence-electron chi connectivity index (χ0n) is 18.1. The summed E-state index contributed by atoms with van der Waals surface area (Å²) in [5, 5.41) is 5.31. The van der Waals surface area contributed by atoms with Gasteiger partial charge in [0, 0.05) is 64.7 Å². The molecule has 1 saturated heterocycles. The molecule has 32 heavy (non-hydrogen) atoms. The van der Waals surface area contributed by atoms with Crippen molar-refractivity contribution in [2.75, 3.05) is 46.3 Å². The molecule has 2 N–H and O–H groups in total. The number of hydrogen-bond donors (Lipinski definition) is 2. The number of nitrogens with zero attached hydrogens (tertiary/aromatic N) is 2. The van der Waals surface area contributed by atoms with Gasteiger partial charge >= 0.3 is 0 Å². The number of halogens is 2. The number of piperidine rings is 1. The first-order valence-electron chi connectivity index (χ1n) is 10.4. The second kappa shape index (κ2) is 11.5. The van der Waals surface area contributed by atoms with Crippen LogP contribution in [0.5, 0.6) is 0 Å². The van der Waals surface area contributed by atoms with Gasteiger partial charge in [-0.05, 0) is 36.8 Å². The van der Waals surface area contributed by atoms with Crippen molar-refractivity contribution in [3.63, 3.8) is 0 Å². The Balaban J connectivity index is 1.81. The van der Waals surface area contributed by atoms with E-state index in [0.717, 1.165) is 6.08 Å². The maximum Gasteiger partial charge on any atom is 0.251 e. The van der Waals surface area contributed by atoms with Gasteiger partial charge in [0.1, 0.15) is 0 Å². The molecule has 1 aliphatic rings. The standard InChI is InChI=1S/C21H30F2N4O4S/c1-3-19(28)24-11-4-13-26(2)32(30,31)18-7-5-17(6-8-18)20(29)25-12-16-27-14-9-21(22,23)10-15-27/h3,5-8H,1,4,9-16H2,2H3,(H,24,28)(H,25,29). The van der Waals surface area contributed by atoms with Crippen LogP contribution in [0.2, 0.25) is 0 Å². The molecule has 0 aliphatic carbocycles. The van der Waals surface area contributed by atoms with E-state index in [0.29, 0.717) is 44.7 Å². The molecule has 0 spiro atoms. The molecule has 1 aromatic carbocycles. The topological polar surface area (TPSA) is 98.8 Å². The maximum atomic E-state index is 13.2. The van der Waals surface area contributed by atoms with E-state index in [1.807, 2.05) is 4.90 Å². The number of benzene rings is 1. The first kappa shape index (κ1) is 25.9. The number of hydrogen-bond acceptors (Lipinski definition) is 5. The first-order valence-corrected chi connectivity index (χ1v) is 11.8. The molecular weight excluding hydrogens is 442 g/mol. The van der Waals surface area contributed by atoms with Crippen LogP contribution < -0.4 is 10.6 Å². The molecule has 1 aliphatic heterocycles. The Morgan fingerprint density at radius 3 is 2.38 bits per heavy atom. The van der Waals surface area contributed by atoms with Gasteiger partial charge in [0.25, 0.3) is 11.8 Å². The molecule has 1 fully saturated rings. The molecular formula is C21H30F2N4O4S. The summed E-state index contributed by atoms with van der Waals surface area (Å²) in [4.78, 5) is 25.3. The highest BCUT2D eigenvalue weighted by Gasteiger charge is 2.33. The van der Waals surface area contributed by atoms with Crippen LogP contribution in [0, 0.1) is 0 Å². The van der Waals surface area contributed by atoms with Crippen molar-refractivity contribution in [1.29, 1.82) is 0 Å². The molecule has 0 bridgehead atoms. The Morgan fingerprint density at radius 1 is 1.16 bits per heavy atom. The van der Waals surface area contributed by atoms with Gasteiger partial charge in [0.2, 0.25) is 15.9 Å². The van der Waals surface area contributed by atoms with Crippen LogP contribution in [-0.2, 0) is 14.8 Å². The molecule has 0 unspecified atom stereocenters. The van der Waals surface area contributed by atoms with Crippen molar-refractivity contribution in [2.24, 2.45) is 0 Å². The predicted molar refractivity (Wildman–Crippen MR) is 117 cm³/mol. The molecule has 0 atom stereocenters. The third-order valence-electron chi connectivity index (χ3n) is 5.26. The molecule has 8 nitrogen and oxygen atoms in total. The van der Waals surface area contributed by atoms with Crippen molar-refractivity contribution in [2.45, 2.75) is 30.1 Å². The van der Waals surface area contributed by atoms with Crippen molar-refractivity contribution in [1.82, 2.24) is 19.8 Å². The number of nitrogens with one attached hydrogen (secondary N) is 2. The summed E-state index contributed by atoms with van der Waals surface area (Å²) < 4.78 is 52.8. The Bertz CT molecular complexity index is 897. The highest BCUT2D eigenvalue weighted by molar-refractivity contribution is 7.89. The van der Waals surface area contributed by atoms with E-state index in [2.05, 4.69) is 17.2 Å². The van der Waals surface area contributed by atoms with Gasteiger partial charge in [-0.25, -0.2) is 21.5 Å². The normalized spacial score (nSPS) is 16.5. The van der Waals surface area contributed by atoms with Crippen LogP contribution in [0.15, 0.2) is 41.8 Å². The van der Waals surface area contributed by atoms with Gasteiger partial charge in [-0.3, -0.25) is 9.59 Å². The minimum Gasteiger partial charge on any atom is -0.353 e. The van der Waals surface area contributed by atoms with Crippen LogP contribution in [0.1, 0.15) is 29.6 Å².